The molecule has 2 aromatic carbocycles. The van der Waals surface area contributed by atoms with Crippen LogP contribution in [-0.2, 0) is 19.6 Å². The molecule has 0 spiro atoms. The summed E-state index contributed by atoms with van der Waals surface area (Å²) < 4.78 is 27.7. The Bertz CT molecular complexity index is 1100. The fourth-order valence-electron chi connectivity index (χ4n) is 3.36. The molecule has 1 aliphatic heterocycles. The molecule has 0 unspecified atom stereocenters. The van der Waals surface area contributed by atoms with Gasteiger partial charge in [-0.15, -0.1) is 0 Å². The van der Waals surface area contributed by atoms with E-state index in [2.05, 4.69) is 4.72 Å². The minimum Gasteiger partial charge on any atom is -0.480 e. The molecule has 2 N–H and O–H groups in total. The van der Waals surface area contributed by atoms with Gasteiger partial charge in [0.25, 0.3) is 0 Å². The van der Waals surface area contributed by atoms with Crippen molar-refractivity contribution in [3.05, 3.63) is 65.3 Å². The second-order valence-corrected chi connectivity index (χ2v) is 9.43. The van der Waals surface area contributed by atoms with Crippen molar-refractivity contribution >= 4 is 33.5 Å². The monoisotopic (exact) mass is 462 g/mol. The lowest BCUT2D eigenvalue weighted by Crippen LogP contribution is -2.41. The van der Waals surface area contributed by atoms with Crippen LogP contribution in [0.2, 0.25) is 5.02 Å². The lowest BCUT2D eigenvalue weighted by Gasteiger charge is -2.20. The quantitative estimate of drug-likeness (QED) is 0.592. The van der Waals surface area contributed by atoms with Gasteiger partial charge in [-0.25, -0.2) is 8.42 Å². The number of nitrogens with one attached hydrogen (secondary N) is 1. The number of sulfonamides is 1. The number of nitrogens with zero attached hydrogens (tertiary/aromatic N) is 1. The van der Waals surface area contributed by atoms with E-state index in [9.17, 15) is 23.1 Å². The average molecular weight is 463 g/mol. The van der Waals surface area contributed by atoms with Crippen molar-refractivity contribution < 1.29 is 23.1 Å². The number of carbonyl (C=O) groups is 2. The number of aliphatic carboxylic acids is 1. The van der Waals surface area contributed by atoms with Crippen LogP contribution in [0.15, 0.2) is 65.2 Å². The molecule has 3 rings (SSSR count). The Morgan fingerprint density at radius 2 is 1.71 bits per heavy atom. The number of amides is 1. The molecule has 2 aromatic rings. The molecule has 1 amide bonds. The molecule has 0 aromatic heterocycles. The predicted octanol–water partition coefficient (Wildman–Crippen LogP) is 3.65. The molecule has 7 nitrogen and oxygen atoms in total. The molecule has 1 heterocycles. The zero-order valence-electron chi connectivity index (χ0n) is 16.9. The van der Waals surface area contributed by atoms with E-state index in [1.807, 2.05) is 25.1 Å². The van der Waals surface area contributed by atoms with E-state index in [-0.39, 0.29) is 17.2 Å². The normalized spacial score (nSPS) is 15.1. The molecule has 1 atom stereocenters. The topological polar surface area (TPSA) is 104 Å². The second kappa shape index (κ2) is 9.64. The molecule has 0 fully saturated rings. The first kappa shape index (κ1) is 23.0. The first-order chi connectivity index (χ1) is 14.7. The molecule has 1 aliphatic rings. The van der Waals surface area contributed by atoms with Crippen molar-refractivity contribution in [3.63, 3.8) is 0 Å². The summed E-state index contributed by atoms with van der Waals surface area (Å²) in [7, 11) is -4.03. The standard InChI is InChI=1S/C22H23ClN2O5S/c1-15-4-13-21(26)25(15)14-2-3-20(22(27)28)24-31(29,30)19-11-7-17(8-12-19)16-5-9-18(23)10-6-16/h4-12,20,24H,2-3,13-14H2,1H3,(H,27,28)/t20-/m0/s1. The average Bonchev–Trinajstić information content (AvgIpc) is 3.05. The van der Waals surface area contributed by atoms with Gasteiger partial charge >= 0.3 is 5.97 Å². The fourth-order valence-corrected chi connectivity index (χ4v) is 4.71. The van der Waals surface area contributed by atoms with Gasteiger partial charge in [0, 0.05) is 23.7 Å². The van der Waals surface area contributed by atoms with Crippen molar-refractivity contribution in [2.24, 2.45) is 0 Å². The molecule has 0 saturated heterocycles. The largest absolute Gasteiger partial charge is 0.480 e. The molecule has 9 heteroatoms. The number of carboxylic acids is 1. The third-order valence-electron chi connectivity index (χ3n) is 5.11. The van der Waals surface area contributed by atoms with Gasteiger partial charge in [0.05, 0.1) is 4.90 Å². The van der Waals surface area contributed by atoms with Crippen LogP contribution in [-0.4, -0.2) is 42.9 Å². The van der Waals surface area contributed by atoms with Crippen LogP contribution in [0.25, 0.3) is 11.1 Å². The second-order valence-electron chi connectivity index (χ2n) is 7.28. The lowest BCUT2D eigenvalue weighted by molar-refractivity contribution is -0.139. The lowest BCUT2D eigenvalue weighted by atomic mass is 10.1. The smallest absolute Gasteiger partial charge is 0.321 e. The zero-order chi connectivity index (χ0) is 22.6. The van der Waals surface area contributed by atoms with Crippen LogP contribution < -0.4 is 4.72 Å². The van der Waals surface area contributed by atoms with Crippen LogP contribution in [0.4, 0.5) is 0 Å². The molecule has 164 valence electrons. The summed E-state index contributed by atoms with van der Waals surface area (Å²) in [6.45, 7) is 2.17. The maximum absolute atomic E-state index is 12.7. The minimum atomic E-state index is -4.03. The number of hydrogen-bond acceptors (Lipinski definition) is 4. The van der Waals surface area contributed by atoms with Gasteiger partial charge in [0.2, 0.25) is 15.9 Å². The van der Waals surface area contributed by atoms with E-state index < -0.39 is 22.0 Å². The highest BCUT2D eigenvalue weighted by Gasteiger charge is 2.26. The van der Waals surface area contributed by atoms with Gasteiger partial charge in [-0.3, -0.25) is 9.59 Å². The Hall–Kier alpha value is -2.68. The van der Waals surface area contributed by atoms with E-state index in [0.29, 0.717) is 24.4 Å². The van der Waals surface area contributed by atoms with E-state index in [0.717, 1.165) is 16.8 Å². The number of halogens is 1. The Kier molecular flexibility index (Phi) is 7.15. The Morgan fingerprint density at radius 3 is 2.23 bits per heavy atom. The minimum absolute atomic E-state index is 0.0232. The molecular formula is C22H23ClN2O5S. The first-order valence-corrected chi connectivity index (χ1v) is 11.6. The number of carbonyl (C=O) groups excluding carboxylic acids is 1. The highest BCUT2D eigenvalue weighted by atomic mass is 35.5. The van der Waals surface area contributed by atoms with Crippen molar-refractivity contribution in [2.75, 3.05) is 6.54 Å². The van der Waals surface area contributed by atoms with Gasteiger partial charge < -0.3 is 10.0 Å². The highest BCUT2D eigenvalue weighted by molar-refractivity contribution is 7.89. The summed E-state index contributed by atoms with van der Waals surface area (Å²) in [5.74, 6) is -1.30. The zero-order valence-corrected chi connectivity index (χ0v) is 18.5. The van der Waals surface area contributed by atoms with E-state index >= 15 is 0 Å². The Morgan fingerprint density at radius 1 is 1.13 bits per heavy atom. The molecule has 31 heavy (non-hydrogen) atoms. The first-order valence-electron chi connectivity index (χ1n) is 9.75. The van der Waals surface area contributed by atoms with Gasteiger partial charge in [0.15, 0.2) is 0 Å². The van der Waals surface area contributed by atoms with Crippen molar-refractivity contribution in [1.29, 1.82) is 0 Å². The molecular weight excluding hydrogens is 440 g/mol. The number of carboxylic acid groups (broad SMARTS) is 1. The highest BCUT2D eigenvalue weighted by Crippen LogP contribution is 2.23. The predicted molar refractivity (Wildman–Crippen MR) is 118 cm³/mol. The van der Waals surface area contributed by atoms with Gasteiger partial charge in [-0.1, -0.05) is 41.9 Å². The summed E-state index contributed by atoms with van der Waals surface area (Å²) in [4.78, 5) is 25.0. The van der Waals surface area contributed by atoms with Crippen LogP contribution in [0.5, 0.6) is 0 Å². The van der Waals surface area contributed by atoms with Crippen LogP contribution in [0, 0.1) is 0 Å². The van der Waals surface area contributed by atoms with Gasteiger partial charge in [-0.2, -0.15) is 4.72 Å². The summed E-state index contributed by atoms with van der Waals surface area (Å²) in [6.07, 6.45) is 2.57. The number of rotatable bonds is 9. The van der Waals surface area contributed by atoms with Crippen LogP contribution in [0.1, 0.15) is 26.2 Å². The molecule has 0 aliphatic carbocycles. The van der Waals surface area contributed by atoms with E-state index in [1.165, 1.54) is 12.1 Å². The Labute approximate surface area is 186 Å². The van der Waals surface area contributed by atoms with Crippen molar-refractivity contribution in [1.82, 2.24) is 9.62 Å². The number of allylic oxidation sites excluding steroid dienone is 1. The summed E-state index contributed by atoms with van der Waals surface area (Å²) >= 11 is 5.89. The maximum atomic E-state index is 12.7. The van der Waals surface area contributed by atoms with Gasteiger partial charge in [-0.05, 0) is 55.2 Å². The van der Waals surface area contributed by atoms with Crippen molar-refractivity contribution in [3.8, 4) is 11.1 Å². The fraction of sp³-hybridized carbons (Fsp3) is 0.273. The molecule has 0 saturated carbocycles. The third-order valence-corrected chi connectivity index (χ3v) is 6.85. The van der Waals surface area contributed by atoms with E-state index in [1.54, 1.807) is 29.2 Å². The van der Waals surface area contributed by atoms with Crippen molar-refractivity contribution in [2.45, 2.75) is 37.1 Å². The molecule has 0 bridgehead atoms. The maximum Gasteiger partial charge on any atom is 0.321 e. The van der Waals surface area contributed by atoms with Crippen LogP contribution >= 0.6 is 11.6 Å². The summed E-state index contributed by atoms with van der Waals surface area (Å²) in [5, 5.41) is 10.1. The third kappa shape index (κ3) is 5.72. The number of benzene rings is 2. The van der Waals surface area contributed by atoms with Crippen LogP contribution in [0.3, 0.4) is 0 Å². The SMILES string of the molecule is CC1=CCC(=O)N1CCC[C@H](NS(=O)(=O)c1ccc(-c2ccc(Cl)cc2)cc1)C(=O)O. The number of hydrogen-bond donors (Lipinski definition) is 2. The van der Waals surface area contributed by atoms with Gasteiger partial charge in [0.1, 0.15) is 6.04 Å². The van der Waals surface area contributed by atoms with E-state index in [4.69, 9.17) is 11.6 Å². The Balaban J connectivity index is 1.65. The summed E-state index contributed by atoms with van der Waals surface area (Å²) in [5.41, 5.74) is 2.52. The molecule has 0 radical (unpaired) electrons. The summed E-state index contributed by atoms with van der Waals surface area (Å²) in [6, 6.07) is 12.0.